The number of rotatable bonds is 6. The summed E-state index contributed by atoms with van der Waals surface area (Å²) in [5.74, 6) is -0.531. The molecule has 2 aromatic carbocycles. The van der Waals surface area contributed by atoms with Gasteiger partial charge in [0.05, 0.1) is 12.2 Å². The fourth-order valence-corrected chi connectivity index (χ4v) is 1.86. The number of nitrogens with one attached hydrogen (secondary N) is 3. The number of hydrogen-bond acceptors (Lipinski definition) is 3. The number of carbonyl (C=O) groups excluding carboxylic acids is 1. The Balaban J connectivity index is 1.81. The largest absolute Gasteiger partial charge is 0.376 e. The molecule has 3 N–H and O–H groups in total. The van der Waals surface area contributed by atoms with Gasteiger partial charge in [0.1, 0.15) is 5.82 Å². The molecule has 0 saturated heterocycles. The van der Waals surface area contributed by atoms with E-state index < -0.39 is 0 Å². The summed E-state index contributed by atoms with van der Waals surface area (Å²) >= 11 is 0. The number of halogens is 1. The van der Waals surface area contributed by atoms with Crippen LogP contribution in [-0.2, 0) is 4.79 Å². The van der Waals surface area contributed by atoms with Crippen LogP contribution in [-0.4, -0.2) is 12.5 Å². The zero-order valence-corrected chi connectivity index (χ0v) is 12.3. The zero-order chi connectivity index (χ0) is 15.8. The molecule has 4 nitrogen and oxygen atoms in total. The van der Waals surface area contributed by atoms with Crippen molar-refractivity contribution in [3.8, 4) is 0 Å². The smallest absolute Gasteiger partial charge is 0.257 e. The third-order valence-corrected chi connectivity index (χ3v) is 3.01. The Kier molecular flexibility index (Phi) is 5.54. The quantitative estimate of drug-likeness (QED) is 0.719. The van der Waals surface area contributed by atoms with Crippen LogP contribution in [0.1, 0.15) is 12.5 Å². The van der Waals surface area contributed by atoms with E-state index in [-0.39, 0.29) is 18.3 Å². The molecule has 0 radical (unpaired) electrons. The van der Waals surface area contributed by atoms with Gasteiger partial charge in [0.2, 0.25) is 0 Å². The van der Waals surface area contributed by atoms with Gasteiger partial charge in [-0.25, -0.2) is 4.39 Å². The Morgan fingerprint density at radius 2 is 1.73 bits per heavy atom. The fraction of sp³-hybridized carbons (Fsp3) is 0.118. The molecule has 1 amide bonds. The zero-order valence-electron chi connectivity index (χ0n) is 12.3. The van der Waals surface area contributed by atoms with Crippen molar-refractivity contribution < 1.29 is 9.18 Å². The van der Waals surface area contributed by atoms with Crippen LogP contribution in [0.4, 0.5) is 10.1 Å². The molecule has 0 unspecified atom stereocenters. The van der Waals surface area contributed by atoms with Crippen molar-refractivity contribution in [1.82, 2.24) is 10.9 Å². The lowest BCUT2D eigenvalue weighted by atomic mass is 10.1. The lowest BCUT2D eigenvalue weighted by Crippen LogP contribution is -2.39. The second-order valence-electron chi connectivity index (χ2n) is 4.60. The molecule has 0 aliphatic carbocycles. The summed E-state index contributed by atoms with van der Waals surface area (Å²) in [7, 11) is 0. The van der Waals surface area contributed by atoms with Gasteiger partial charge in [-0.05, 0) is 36.8 Å². The van der Waals surface area contributed by atoms with Crippen molar-refractivity contribution in [3.63, 3.8) is 0 Å². The minimum Gasteiger partial charge on any atom is -0.376 e. The summed E-state index contributed by atoms with van der Waals surface area (Å²) in [6.07, 6.45) is 1.88. The molecular weight excluding hydrogens is 281 g/mol. The van der Waals surface area contributed by atoms with Crippen LogP contribution < -0.4 is 16.2 Å². The van der Waals surface area contributed by atoms with E-state index in [1.165, 1.54) is 12.1 Å². The fourth-order valence-electron chi connectivity index (χ4n) is 1.86. The van der Waals surface area contributed by atoms with Gasteiger partial charge in [0.25, 0.3) is 5.91 Å². The summed E-state index contributed by atoms with van der Waals surface area (Å²) < 4.78 is 12.8. The average Bonchev–Trinajstić information content (AvgIpc) is 2.56. The Morgan fingerprint density at radius 3 is 2.36 bits per heavy atom. The minimum atomic E-state index is -0.308. The standard InChI is InChI=1S/C17H18FN3O/c1-2-16(13-6-4-3-5-7-13)20-21-17(22)12-19-15-10-8-14(18)9-11-15/h2-11,19-20H,12H2,1H3,(H,21,22). The van der Waals surface area contributed by atoms with Crippen molar-refractivity contribution in [3.05, 3.63) is 72.1 Å². The molecule has 0 spiro atoms. The van der Waals surface area contributed by atoms with Crippen LogP contribution in [0, 0.1) is 5.82 Å². The molecule has 0 aromatic heterocycles. The highest BCUT2D eigenvalue weighted by atomic mass is 19.1. The molecule has 0 aliphatic heterocycles. The molecule has 114 valence electrons. The van der Waals surface area contributed by atoms with Crippen LogP contribution in [0.2, 0.25) is 0 Å². The van der Waals surface area contributed by atoms with Gasteiger partial charge in [-0.1, -0.05) is 36.4 Å². The predicted molar refractivity (Wildman–Crippen MR) is 86.3 cm³/mol. The summed E-state index contributed by atoms with van der Waals surface area (Å²) in [4.78, 5) is 11.8. The molecule has 0 fully saturated rings. The van der Waals surface area contributed by atoms with Gasteiger partial charge < -0.3 is 5.32 Å². The van der Waals surface area contributed by atoms with Gasteiger partial charge in [0, 0.05) is 5.69 Å². The number of amides is 1. The number of allylic oxidation sites excluding steroid dienone is 1. The van der Waals surface area contributed by atoms with Gasteiger partial charge in [-0.2, -0.15) is 0 Å². The van der Waals surface area contributed by atoms with Crippen molar-refractivity contribution in [2.45, 2.75) is 6.92 Å². The summed E-state index contributed by atoms with van der Waals surface area (Å²) in [5, 5.41) is 2.91. The Bertz CT molecular complexity index is 639. The first-order chi connectivity index (χ1) is 10.7. The van der Waals surface area contributed by atoms with Crippen LogP contribution >= 0.6 is 0 Å². The van der Waals surface area contributed by atoms with E-state index in [0.29, 0.717) is 5.69 Å². The Morgan fingerprint density at radius 1 is 1.05 bits per heavy atom. The molecule has 22 heavy (non-hydrogen) atoms. The van der Waals surface area contributed by atoms with Crippen molar-refractivity contribution in [1.29, 1.82) is 0 Å². The highest BCUT2D eigenvalue weighted by Gasteiger charge is 2.03. The third kappa shape index (κ3) is 4.63. The van der Waals surface area contributed by atoms with Gasteiger partial charge in [0.15, 0.2) is 0 Å². The third-order valence-electron chi connectivity index (χ3n) is 3.01. The van der Waals surface area contributed by atoms with Crippen LogP contribution in [0.25, 0.3) is 5.70 Å². The highest BCUT2D eigenvalue weighted by molar-refractivity contribution is 5.81. The van der Waals surface area contributed by atoms with Crippen molar-refractivity contribution in [2.75, 3.05) is 11.9 Å². The maximum atomic E-state index is 12.8. The molecule has 0 atom stereocenters. The maximum Gasteiger partial charge on any atom is 0.257 e. The van der Waals surface area contributed by atoms with E-state index in [1.54, 1.807) is 12.1 Å². The molecule has 5 heteroatoms. The molecule has 2 aromatic rings. The second-order valence-corrected chi connectivity index (χ2v) is 4.60. The van der Waals surface area contributed by atoms with E-state index in [0.717, 1.165) is 11.3 Å². The van der Waals surface area contributed by atoms with E-state index in [9.17, 15) is 9.18 Å². The van der Waals surface area contributed by atoms with Gasteiger partial charge in [-0.15, -0.1) is 0 Å². The molecule has 2 rings (SSSR count). The number of benzene rings is 2. The highest BCUT2D eigenvalue weighted by Crippen LogP contribution is 2.09. The Hall–Kier alpha value is -2.82. The van der Waals surface area contributed by atoms with Gasteiger partial charge in [-0.3, -0.25) is 15.6 Å². The van der Waals surface area contributed by atoms with E-state index >= 15 is 0 Å². The molecule has 0 heterocycles. The number of hydrogen-bond donors (Lipinski definition) is 3. The SMILES string of the molecule is CC=C(NNC(=O)CNc1ccc(F)cc1)c1ccccc1. The van der Waals surface area contributed by atoms with E-state index in [1.807, 2.05) is 43.3 Å². The number of hydrazine groups is 1. The van der Waals surface area contributed by atoms with Crippen LogP contribution in [0.5, 0.6) is 0 Å². The minimum absolute atomic E-state index is 0.0877. The van der Waals surface area contributed by atoms with Crippen molar-refractivity contribution in [2.24, 2.45) is 0 Å². The maximum absolute atomic E-state index is 12.8. The molecule has 0 bridgehead atoms. The summed E-state index contributed by atoms with van der Waals surface area (Å²) in [6.45, 7) is 1.97. The second kappa shape index (κ2) is 7.83. The lowest BCUT2D eigenvalue weighted by molar-refractivity contribution is -0.120. The number of anilines is 1. The first kappa shape index (κ1) is 15.6. The van der Waals surface area contributed by atoms with E-state index in [2.05, 4.69) is 16.2 Å². The first-order valence-corrected chi connectivity index (χ1v) is 6.95. The summed E-state index contributed by atoms with van der Waals surface area (Å²) in [5.41, 5.74) is 8.00. The lowest BCUT2D eigenvalue weighted by Gasteiger charge is -2.13. The van der Waals surface area contributed by atoms with Crippen LogP contribution in [0.15, 0.2) is 60.7 Å². The van der Waals surface area contributed by atoms with Crippen molar-refractivity contribution >= 4 is 17.3 Å². The van der Waals surface area contributed by atoms with E-state index in [4.69, 9.17) is 0 Å². The average molecular weight is 299 g/mol. The predicted octanol–water partition coefficient (Wildman–Crippen LogP) is 2.92. The van der Waals surface area contributed by atoms with Gasteiger partial charge >= 0.3 is 0 Å². The molecule has 0 aliphatic rings. The number of carbonyl (C=O) groups is 1. The van der Waals surface area contributed by atoms with Crippen LogP contribution in [0.3, 0.4) is 0 Å². The monoisotopic (exact) mass is 299 g/mol. The Labute approximate surface area is 129 Å². The first-order valence-electron chi connectivity index (χ1n) is 6.95. The summed E-state index contributed by atoms with van der Waals surface area (Å²) in [6, 6.07) is 15.5. The molecular formula is C17H18FN3O. The topological polar surface area (TPSA) is 53.2 Å². The molecule has 0 saturated carbocycles. The normalized spacial score (nSPS) is 10.9.